The van der Waals surface area contributed by atoms with E-state index in [-0.39, 0.29) is 11.8 Å². The molecule has 0 aliphatic carbocycles. The van der Waals surface area contributed by atoms with Crippen molar-refractivity contribution in [1.29, 1.82) is 0 Å². The highest BCUT2D eigenvalue weighted by Gasteiger charge is 2.35. The largest absolute Gasteiger partial charge is 0.326 e. The minimum Gasteiger partial charge on any atom is -0.326 e. The van der Waals surface area contributed by atoms with Gasteiger partial charge in [0.2, 0.25) is 11.8 Å². The Labute approximate surface area is 129 Å². The van der Waals surface area contributed by atoms with Crippen LogP contribution < -0.4 is 5.32 Å². The molecule has 1 aliphatic rings. The van der Waals surface area contributed by atoms with E-state index in [1.165, 1.54) is 0 Å². The Morgan fingerprint density at radius 1 is 1.18 bits per heavy atom. The fourth-order valence-corrected chi connectivity index (χ4v) is 2.63. The maximum atomic E-state index is 12.4. The van der Waals surface area contributed by atoms with E-state index in [1.54, 1.807) is 23.2 Å². The number of anilines is 1. The topological polar surface area (TPSA) is 62.3 Å². The van der Waals surface area contributed by atoms with E-state index in [1.807, 2.05) is 36.4 Å². The van der Waals surface area contributed by atoms with Crippen LogP contribution in [0.4, 0.5) is 5.82 Å². The summed E-state index contributed by atoms with van der Waals surface area (Å²) in [5.41, 5.74) is 1.02. The Morgan fingerprint density at radius 2 is 1.95 bits per heavy atom. The first kappa shape index (κ1) is 14.3. The molecule has 1 aromatic carbocycles. The first-order valence-corrected chi connectivity index (χ1v) is 7.29. The molecule has 1 atom stereocenters. The van der Waals surface area contributed by atoms with Gasteiger partial charge in [0.05, 0.1) is 0 Å². The Kier molecular flexibility index (Phi) is 4.14. The lowest BCUT2D eigenvalue weighted by Gasteiger charge is -2.24. The van der Waals surface area contributed by atoms with E-state index in [9.17, 15) is 9.59 Å². The number of benzene rings is 1. The average Bonchev–Trinajstić information content (AvgIpc) is 2.90. The summed E-state index contributed by atoms with van der Waals surface area (Å²) in [7, 11) is 0. The molecular weight excluding hydrogens is 278 g/mol. The molecule has 0 radical (unpaired) electrons. The van der Waals surface area contributed by atoms with Gasteiger partial charge < -0.3 is 10.2 Å². The van der Waals surface area contributed by atoms with Crippen LogP contribution >= 0.6 is 0 Å². The minimum absolute atomic E-state index is 0.0185. The molecule has 112 valence electrons. The zero-order chi connectivity index (χ0) is 15.4. The summed E-state index contributed by atoms with van der Waals surface area (Å²) in [6, 6.07) is 14.6. The van der Waals surface area contributed by atoms with Crippen molar-refractivity contribution in [3.63, 3.8) is 0 Å². The maximum absolute atomic E-state index is 12.4. The first-order chi connectivity index (χ1) is 10.7. The number of nitrogens with one attached hydrogen (secondary N) is 1. The predicted octanol–water partition coefficient (Wildman–Crippen LogP) is 2.21. The van der Waals surface area contributed by atoms with E-state index >= 15 is 0 Å². The van der Waals surface area contributed by atoms with Gasteiger partial charge in [-0.25, -0.2) is 4.98 Å². The van der Waals surface area contributed by atoms with Gasteiger partial charge in [-0.2, -0.15) is 0 Å². The van der Waals surface area contributed by atoms with Crippen LogP contribution in [0.3, 0.4) is 0 Å². The molecule has 2 heterocycles. The molecule has 0 bridgehead atoms. The van der Waals surface area contributed by atoms with Gasteiger partial charge in [0.15, 0.2) is 0 Å². The highest BCUT2D eigenvalue weighted by molar-refractivity contribution is 5.98. The van der Waals surface area contributed by atoms with Crippen LogP contribution in [0.2, 0.25) is 0 Å². The fourth-order valence-electron chi connectivity index (χ4n) is 2.63. The molecule has 1 saturated heterocycles. The standard InChI is InChI=1S/C17H17N3O2/c21-16-10-9-14(17(22)19-15-8-4-5-11-18-15)20(16)12-13-6-2-1-3-7-13/h1-8,11,14H,9-10,12H2,(H,18,19,22). The molecule has 1 aromatic heterocycles. The number of carbonyl (C=O) groups is 2. The molecule has 3 rings (SSSR count). The molecule has 22 heavy (non-hydrogen) atoms. The van der Waals surface area contributed by atoms with Gasteiger partial charge in [-0.05, 0) is 24.1 Å². The van der Waals surface area contributed by atoms with Crippen molar-refractivity contribution in [2.75, 3.05) is 5.32 Å². The summed E-state index contributed by atoms with van der Waals surface area (Å²) in [6.07, 6.45) is 2.58. The van der Waals surface area contributed by atoms with Crippen molar-refractivity contribution in [3.05, 3.63) is 60.3 Å². The molecule has 5 nitrogen and oxygen atoms in total. The van der Waals surface area contributed by atoms with Crippen LogP contribution in [0.5, 0.6) is 0 Å². The van der Waals surface area contributed by atoms with Gasteiger partial charge >= 0.3 is 0 Å². The van der Waals surface area contributed by atoms with Gasteiger partial charge in [0.25, 0.3) is 0 Å². The smallest absolute Gasteiger partial charge is 0.248 e. The van der Waals surface area contributed by atoms with Gasteiger partial charge in [-0.3, -0.25) is 9.59 Å². The van der Waals surface area contributed by atoms with Gasteiger partial charge in [0.1, 0.15) is 11.9 Å². The lowest BCUT2D eigenvalue weighted by atomic mass is 10.1. The summed E-state index contributed by atoms with van der Waals surface area (Å²) < 4.78 is 0. The zero-order valence-corrected chi connectivity index (χ0v) is 12.1. The quantitative estimate of drug-likeness (QED) is 0.940. The number of amides is 2. The third-order valence-electron chi connectivity index (χ3n) is 3.74. The molecule has 2 amide bonds. The fraction of sp³-hybridized carbons (Fsp3) is 0.235. The van der Waals surface area contributed by atoms with Crippen LogP contribution in [-0.2, 0) is 16.1 Å². The lowest BCUT2D eigenvalue weighted by Crippen LogP contribution is -2.41. The number of carbonyl (C=O) groups excluding carboxylic acids is 2. The summed E-state index contributed by atoms with van der Waals surface area (Å²) in [5.74, 6) is 0.344. The Morgan fingerprint density at radius 3 is 2.68 bits per heavy atom. The molecule has 0 spiro atoms. The highest BCUT2D eigenvalue weighted by atomic mass is 16.2. The Balaban J connectivity index is 1.71. The molecule has 5 heteroatoms. The second-order valence-corrected chi connectivity index (χ2v) is 5.27. The molecule has 1 N–H and O–H groups in total. The summed E-state index contributed by atoms with van der Waals surface area (Å²) in [5, 5.41) is 2.78. The monoisotopic (exact) mass is 295 g/mol. The van der Waals surface area contributed by atoms with Crippen LogP contribution in [0.1, 0.15) is 18.4 Å². The summed E-state index contributed by atoms with van der Waals surface area (Å²) >= 11 is 0. The van der Waals surface area contributed by atoms with Crippen molar-refractivity contribution in [2.24, 2.45) is 0 Å². The lowest BCUT2D eigenvalue weighted by molar-refractivity contribution is -0.133. The molecule has 1 fully saturated rings. The summed E-state index contributed by atoms with van der Waals surface area (Å²) in [6.45, 7) is 0.458. The van der Waals surface area contributed by atoms with Gasteiger partial charge in [-0.1, -0.05) is 36.4 Å². The van der Waals surface area contributed by atoms with Crippen molar-refractivity contribution < 1.29 is 9.59 Å². The molecule has 0 saturated carbocycles. The minimum atomic E-state index is -0.435. The van der Waals surface area contributed by atoms with E-state index in [4.69, 9.17) is 0 Å². The normalized spacial score (nSPS) is 17.5. The van der Waals surface area contributed by atoms with Crippen LogP contribution in [-0.4, -0.2) is 27.7 Å². The van der Waals surface area contributed by atoms with Gasteiger partial charge in [-0.15, -0.1) is 0 Å². The maximum Gasteiger partial charge on any atom is 0.248 e. The van der Waals surface area contributed by atoms with Crippen molar-refractivity contribution in [2.45, 2.75) is 25.4 Å². The highest BCUT2D eigenvalue weighted by Crippen LogP contribution is 2.22. The third-order valence-corrected chi connectivity index (χ3v) is 3.74. The molecular formula is C17H17N3O2. The van der Waals surface area contributed by atoms with Crippen LogP contribution in [0, 0.1) is 0 Å². The number of aromatic nitrogens is 1. The zero-order valence-electron chi connectivity index (χ0n) is 12.1. The molecule has 2 aromatic rings. The second-order valence-electron chi connectivity index (χ2n) is 5.27. The van der Waals surface area contributed by atoms with Crippen LogP contribution in [0.25, 0.3) is 0 Å². The SMILES string of the molecule is O=C(Nc1ccccn1)C1CCC(=O)N1Cc1ccccc1. The van der Waals surface area contributed by atoms with E-state index in [2.05, 4.69) is 10.3 Å². The Hall–Kier alpha value is -2.69. The number of nitrogens with zero attached hydrogens (tertiary/aromatic N) is 2. The molecule has 1 aliphatic heterocycles. The molecule has 1 unspecified atom stereocenters. The Bertz CT molecular complexity index is 658. The first-order valence-electron chi connectivity index (χ1n) is 7.29. The van der Waals surface area contributed by atoms with Crippen LogP contribution in [0.15, 0.2) is 54.7 Å². The van der Waals surface area contributed by atoms with Crippen molar-refractivity contribution >= 4 is 17.6 Å². The van der Waals surface area contributed by atoms with E-state index in [0.717, 1.165) is 5.56 Å². The number of hydrogen-bond acceptors (Lipinski definition) is 3. The predicted molar refractivity (Wildman–Crippen MR) is 82.9 cm³/mol. The van der Waals surface area contributed by atoms with E-state index in [0.29, 0.717) is 25.2 Å². The van der Waals surface area contributed by atoms with Crippen molar-refractivity contribution in [3.8, 4) is 0 Å². The number of rotatable bonds is 4. The van der Waals surface area contributed by atoms with E-state index < -0.39 is 6.04 Å². The average molecular weight is 295 g/mol. The number of likely N-dealkylation sites (tertiary alicyclic amines) is 1. The summed E-state index contributed by atoms with van der Waals surface area (Å²) in [4.78, 5) is 30.2. The van der Waals surface area contributed by atoms with Crippen molar-refractivity contribution in [1.82, 2.24) is 9.88 Å². The number of hydrogen-bond donors (Lipinski definition) is 1. The van der Waals surface area contributed by atoms with Gasteiger partial charge in [0, 0.05) is 19.2 Å². The third kappa shape index (κ3) is 3.14. The number of pyridine rings is 1. The second kappa shape index (κ2) is 6.39.